The molecule has 1 aromatic heterocycles. The lowest BCUT2D eigenvalue weighted by molar-refractivity contribution is 0.385. The molecule has 4 nitrogen and oxygen atoms in total. The molecule has 1 heterocycles. The van der Waals surface area contributed by atoms with Crippen molar-refractivity contribution in [2.24, 2.45) is 5.73 Å². The Balaban J connectivity index is 2.37. The smallest absolute Gasteiger partial charge is 0.223 e. The van der Waals surface area contributed by atoms with Crippen molar-refractivity contribution in [3.63, 3.8) is 0 Å². The van der Waals surface area contributed by atoms with Crippen LogP contribution in [0.25, 0.3) is 0 Å². The lowest BCUT2D eigenvalue weighted by Gasteiger charge is -2.09. The summed E-state index contributed by atoms with van der Waals surface area (Å²) in [5, 5.41) is 4.35. The van der Waals surface area contributed by atoms with Crippen LogP contribution in [0, 0.1) is 6.92 Å². The molecule has 0 saturated heterocycles. The minimum absolute atomic E-state index is 0.432. The van der Waals surface area contributed by atoms with E-state index >= 15 is 0 Å². The van der Waals surface area contributed by atoms with Gasteiger partial charge in [0.1, 0.15) is 0 Å². The Hall–Kier alpha value is -0.910. The monoisotopic (exact) mass is 301 g/mol. The van der Waals surface area contributed by atoms with Crippen LogP contribution in [0.5, 0.6) is 0 Å². The van der Waals surface area contributed by atoms with Crippen molar-refractivity contribution < 1.29 is 4.52 Å². The third-order valence-electron chi connectivity index (χ3n) is 2.12. The first kappa shape index (κ1) is 11.6. The number of halogens is 2. The van der Waals surface area contributed by atoms with E-state index in [1.54, 1.807) is 13.0 Å². The highest BCUT2D eigenvalue weighted by atomic mass is 79.9. The van der Waals surface area contributed by atoms with Gasteiger partial charge in [0.15, 0.2) is 5.82 Å². The zero-order valence-electron chi connectivity index (χ0n) is 8.45. The lowest BCUT2D eigenvalue weighted by atomic mass is 10.1. The highest BCUT2D eigenvalue weighted by Gasteiger charge is 2.17. The summed E-state index contributed by atoms with van der Waals surface area (Å²) >= 11 is 9.42. The van der Waals surface area contributed by atoms with Crippen molar-refractivity contribution in [1.29, 1.82) is 0 Å². The summed E-state index contributed by atoms with van der Waals surface area (Å²) in [7, 11) is 0. The first-order chi connectivity index (χ1) is 7.58. The zero-order valence-corrected chi connectivity index (χ0v) is 10.8. The molecular weight excluding hydrogens is 293 g/mol. The zero-order chi connectivity index (χ0) is 11.7. The summed E-state index contributed by atoms with van der Waals surface area (Å²) in [6, 6.07) is 5.01. The fraction of sp³-hybridized carbons (Fsp3) is 0.200. The van der Waals surface area contributed by atoms with Gasteiger partial charge in [-0.3, -0.25) is 0 Å². The summed E-state index contributed by atoms with van der Waals surface area (Å²) in [6.45, 7) is 1.71. The van der Waals surface area contributed by atoms with Crippen LogP contribution in [0.4, 0.5) is 0 Å². The van der Waals surface area contributed by atoms with Crippen LogP contribution in [-0.4, -0.2) is 10.1 Å². The number of nitrogens with two attached hydrogens (primary N) is 1. The van der Waals surface area contributed by atoms with Crippen molar-refractivity contribution >= 4 is 27.5 Å². The predicted octanol–water partition coefficient (Wildman–Crippen LogP) is 2.84. The van der Waals surface area contributed by atoms with E-state index in [-0.39, 0.29) is 0 Å². The molecule has 16 heavy (non-hydrogen) atoms. The van der Waals surface area contributed by atoms with E-state index in [2.05, 4.69) is 26.1 Å². The van der Waals surface area contributed by atoms with Gasteiger partial charge < -0.3 is 10.3 Å². The maximum Gasteiger partial charge on any atom is 0.223 e. The normalized spacial score (nSPS) is 12.8. The molecule has 1 aromatic carbocycles. The van der Waals surface area contributed by atoms with Gasteiger partial charge in [-0.05, 0) is 17.7 Å². The molecule has 0 aliphatic heterocycles. The second-order valence-corrected chi connectivity index (χ2v) is 4.64. The predicted molar refractivity (Wildman–Crippen MR) is 64.2 cm³/mol. The molecule has 0 amide bonds. The van der Waals surface area contributed by atoms with Crippen LogP contribution >= 0.6 is 27.5 Å². The number of hydrogen-bond acceptors (Lipinski definition) is 4. The Kier molecular flexibility index (Phi) is 3.28. The Morgan fingerprint density at radius 3 is 2.81 bits per heavy atom. The summed E-state index contributed by atoms with van der Waals surface area (Å²) < 4.78 is 5.78. The molecule has 1 unspecified atom stereocenters. The van der Waals surface area contributed by atoms with Crippen molar-refractivity contribution in [1.82, 2.24) is 10.1 Å². The molecule has 0 aliphatic rings. The van der Waals surface area contributed by atoms with E-state index in [1.807, 2.05) is 12.1 Å². The van der Waals surface area contributed by atoms with Gasteiger partial charge in [0.05, 0.1) is 6.04 Å². The fourth-order valence-corrected chi connectivity index (χ4v) is 2.13. The molecule has 2 N–H and O–H groups in total. The van der Waals surface area contributed by atoms with Crippen molar-refractivity contribution in [3.8, 4) is 0 Å². The molecule has 0 fully saturated rings. The second-order valence-electron chi connectivity index (χ2n) is 3.32. The van der Waals surface area contributed by atoms with E-state index in [9.17, 15) is 0 Å². The van der Waals surface area contributed by atoms with Crippen molar-refractivity contribution in [3.05, 3.63) is 45.0 Å². The maximum atomic E-state index is 6.08. The molecule has 0 radical (unpaired) electrons. The molecule has 0 aliphatic carbocycles. The second kappa shape index (κ2) is 4.53. The topological polar surface area (TPSA) is 64.9 Å². The van der Waals surface area contributed by atoms with Crippen LogP contribution in [-0.2, 0) is 0 Å². The Labute approximate surface area is 106 Å². The average molecular weight is 303 g/mol. The molecule has 0 spiro atoms. The highest BCUT2D eigenvalue weighted by molar-refractivity contribution is 9.10. The number of nitrogens with zero attached hydrogens (tertiary/aromatic N) is 2. The van der Waals surface area contributed by atoms with E-state index in [0.29, 0.717) is 16.7 Å². The Morgan fingerprint density at radius 1 is 1.50 bits per heavy atom. The number of aryl methyl sites for hydroxylation is 1. The van der Waals surface area contributed by atoms with Crippen molar-refractivity contribution in [2.75, 3.05) is 0 Å². The SMILES string of the molecule is Cc1nc(C(N)c2ccc(Br)cc2Cl)no1. The summed E-state index contributed by atoms with van der Waals surface area (Å²) in [4.78, 5) is 4.08. The molecule has 6 heteroatoms. The average Bonchev–Trinajstić information content (AvgIpc) is 2.64. The van der Waals surface area contributed by atoms with E-state index < -0.39 is 6.04 Å². The van der Waals surface area contributed by atoms with Gasteiger partial charge >= 0.3 is 0 Å². The van der Waals surface area contributed by atoms with Crippen LogP contribution in [0.2, 0.25) is 5.02 Å². The van der Waals surface area contributed by atoms with Crippen LogP contribution in [0.3, 0.4) is 0 Å². The number of rotatable bonds is 2. The number of aromatic nitrogens is 2. The number of hydrogen-bond donors (Lipinski definition) is 1. The fourth-order valence-electron chi connectivity index (χ4n) is 1.33. The van der Waals surface area contributed by atoms with Gasteiger partial charge in [-0.2, -0.15) is 4.98 Å². The van der Waals surface area contributed by atoms with Crippen LogP contribution in [0.1, 0.15) is 23.3 Å². The highest BCUT2D eigenvalue weighted by Crippen LogP contribution is 2.27. The van der Waals surface area contributed by atoms with Crippen molar-refractivity contribution in [2.45, 2.75) is 13.0 Å². The largest absolute Gasteiger partial charge is 0.340 e. The van der Waals surface area contributed by atoms with E-state index in [0.717, 1.165) is 10.0 Å². The van der Waals surface area contributed by atoms with E-state index in [1.165, 1.54) is 0 Å². The van der Waals surface area contributed by atoms with Gasteiger partial charge in [0.2, 0.25) is 5.89 Å². The Bertz CT molecular complexity index is 515. The van der Waals surface area contributed by atoms with Crippen LogP contribution in [0.15, 0.2) is 27.2 Å². The van der Waals surface area contributed by atoms with Gasteiger partial charge in [0, 0.05) is 16.4 Å². The Morgan fingerprint density at radius 2 is 2.25 bits per heavy atom. The molecular formula is C10H9BrClN3O. The standard InChI is InChI=1S/C10H9BrClN3O/c1-5-14-10(15-16-5)9(13)7-3-2-6(11)4-8(7)12/h2-4,9H,13H2,1H3. The van der Waals surface area contributed by atoms with Gasteiger partial charge in [-0.25, -0.2) is 0 Å². The van der Waals surface area contributed by atoms with Gasteiger partial charge in [-0.15, -0.1) is 0 Å². The number of benzene rings is 1. The molecule has 1 atom stereocenters. The third kappa shape index (κ3) is 2.26. The third-order valence-corrected chi connectivity index (χ3v) is 2.94. The van der Waals surface area contributed by atoms with Gasteiger partial charge in [-0.1, -0.05) is 38.8 Å². The molecule has 2 rings (SSSR count). The summed E-state index contributed by atoms with van der Waals surface area (Å²) in [5.74, 6) is 0.917. The van der Waals surface area contributed by atoms with Gasteiger partial charge in [0.25, 0.3) is 0 Å². The summed E-state index contributed by atoms with van der Waals surface area (Å²) in [6.07, 6.45) is 0. The minimum atomic E-state index is -0.474. The first-order valence-electron chi connectivity index (χ1n) is 4.58. The molecule has 84 valence electrons. The summed E-state index contributed by atoms with van der Waals surface area (Å²) in [5.41, 5.74) is 6.76. The molecule has 0 saturated carbocycles. The van der Waals surface area contributed by atoms with Crippen LogP contribution < -0.4 is 5.73 Å². The maximum absolute atomic E-state index is 6.08. The first-order valence-corrected chi connectivity index (χ1v) is 5.76. The molecule has 0 bridgehead atoms. The quantitative estimate of drug-likeness (QED) is 0.926. The minimum Gasteiger partial charge on any atom is -0.340 e. The van der Waals surface area contributed by atoms with E-state index in [4.69, 9.17) is 21.9 Å². The lowest BCUT2D eigenvalue weighted by Crippen LogP contribution is -2.14. The molecule has 2 aromatic rings.